The van der Waals surface area contributed by atoms with Crippen LogP contribution in [-0.2, 0) is 6.42 Å². The number of nitrogens with zero attached hydrogens (tertiary/aromatic N) is 2. The summed E-state index contributed by atoms with van der Waals surface area (Å²) in [5, 5.41) is 14.8. The summed E-state index contributed by atoms with van der Waals surface area (Å²) in [6.45, 7) is 5.92. The van der Waals surface area contributed by atoms with Gasteiger partial charge in [0.1, 0.15) is 6.17 Å². The average Bonchev–Trinajstić information content (AvgIpc) is 2.66. The van der Waals surface area contributed by atoms with Crippen molar-refractivity contribution in [1.82, 2.24) is 4.90 Å². The first-order valence-electron chi connectivity index (χ1n) is 8.93. The Morgan fingerprint density at radius 2 is 1.96 bits per heavy atom. The Morgan fingerprint density at radius 3 is 2.62 bits per heavy atom. The minimum Gasteiger partial charge on any atom is -0.361 e. The molecule has 0 bridgehead atoms. The number of carbonyl (C=O) groups is 1. The fourth-order valence-electron chi connectivity index (χ4n) is 3.38. The summed E-state index contributed by atoms with van der Waals surface area (Å²) >= 11 is 0. The first-order chi connectivity index (χ1) is 12.5. The van der Waals surface area contributed by atoms with E-state index in [0.717, 1.165) is 17.7 Å². The van der Waals surface area contributed by atoms with Gasteiger partial charge in [0.2, 0.25) is 0 Å². The molecule has 0 aliphatic carbocycles. The highest BCUT2D eigenvalue weighted by Gasteiger charge is 2.36. The third-order valence-electron chi connectivity index (χ3n) is 5.03. The molecule has 1 amide bonds. The number of nitro benzene ring substituents is 1. The summed E-state index contributed by atoms with van der Waals surface area (Å²) in [5.41, 5.74) is 2.89. The Balaban J connectivity index is 2.11. The van der Waals surface area contributed by atoms with E-state index >= 15 is 0 Å². The summed E-state index contributed by atoms with van der Waals surface area (Å²) in [5.74, 6) is -0.0547. The molecule has 1 aliphatic heterocycles. The van der Waals surface area contributed by atoms with Crippen molar-refractivity contribution in [2.45, 2.75) is 45.8 Å². The van der Waals surface area contributed by atoms with Crippen LogP contribution in [0.15, 0.2) is 42.5 Å². The van der Waals surface area contributed by atoms with Gasteiger partial charge in [0.25, 0.3) is 11.6 Å². The third-order valence-corrected chi connectivity index (χ3v) is 5.03. The Morgan fingerprint density at radius 1 is 1.23 bits per heavy atom. The van der Waals surface area contributed by atoms with E-state index in [4.69, 9.17) is 0 Å². The summed E-state index contributed by atoms with van der Waals surface area (Å²) in [6.07, 6.45) is 0.948. The van der Waals surface area contributed by atoms with Gasteiger partial charge in [-0.3, -0.25) is 14.9 Å². The van der Waals surface area contributed by atoms with Gasteiger partial charge in [0.05, 0.1) is 10.5 Å². The molecule has 1 heterocycles. The molecule has 1 N–H and O–H groups in total. The number of hydrogen-bond acceptors (Lipinski definition) is 4. The van der Waals surface area contributed by atoms with Crippen LogP contribution in [0.4, 0.5) is 11.4 Å². The normalized spacial score (nSPS) is 17.4. The number of anilines is 1. The van der Waals surface area contributed by atoms with Gasteiger partial charge in [-0.25, -0.2) is 0 Å². The number of para-hydroxylation sites is 1. The quantitative estimate of drug-likeness (QED) is 0.633. The molecular weight excluding hydrogens is 330 g/mol. The third kappa shape index (κ3) is 3.03. The highest BCUT2D eigenvalue weighted by atomic mass is 16.6. The molecule has 0 spiro atoms. The zero-order valence-corrected chi connectivity index (χ0v) is 15.2. The van der Waals surface area contributed by atoms with Gasteiger partial charge in [-0.15, -0.1) is 0 Å². The van der Waals surface area contributed by atoms with E-state index in [1.165, 1.54) is 0 Å². The number of aryl methyl sites for hydroxylation is 1. The van der Waals surface area contributed by atoms with E-state index in [2.05, 4.69) is 5.32 Å². The fraction of sp³-hybridized carbons (Fsp3) is 0.350. The van der Waals surface area contributed by atoms with Crippen molar-refractivity contribution in [2.24, 2.45) is 0 Å². The SMILES string of the molecule is CCc1ccc([C@@H]2Nc3ccccc3C(=O)N2[C@@H](C)CC)cc1[N+](=O)[O-]. The molecule has 2 atom stereocenters. The minimum atomic E-state index is -0.433. The number of nitrogens with one attached hydrogen (secondary N) is 1. The van der Waals surface area contributed by atoms with E-state index in [9.17, 15) is 14.9 Å². The summed E-state index contributed by atoms with van der Waals surface area (Å²) in [4.78, 5) is 26.0. The van der Waals surface area contributed by atoms with Crippen molar-refractivity contribution in [2.75, 3.05) is 5.32 Å². The highest BCUT2D eigenvalue weighted by molar-refractivity contribution is 6.01. The van der Waals surface area contributed by atoms with E-state index < -0.39 is 6.17 Å². The second-order valence-electron chi connectivity index (χ2n) is 6.56. The molecule has 0 saturated heterocycles. The van der Waals surface area contributed by atoms with Crippen molar-refractivity contribution < 1.29 is 9.72 Å². The average molecular weight is 353 g/mol. The predicted octanol–water partition coefficient (Wildman–Crippen LogP) is 4.52. The fourth-order valence-corrected chi connectivity index (χ4v) is 3.38. The summed E-state index contributed by atoms with van der Waals surface area (Å²) < 4.78 is 0. The predicted molar refractivity (Wildman–Crippen MR) is 101 cm³/mol. The zero-order chi connectivity index (χ0) is 18.8. The van der Waals surface area contributed by atoms with Crippen LogP contribution in [0.25, 0.3) is 0 Å². The Bertz CT molecular complexity index is 850. The lowest BCUT2D eigenvalue weighted by atomic mass is 9.99. The number of carbonyl (C=O) groups excluding carboxylic acids is 1. The van der Waals surface area contributed by atoms with Crippen LogP contribution in [0.5, 0.6) is 0 Å². The van der Waals surface area contributed by atoms with Gasteiger partial charge >= 0.3 is 0 Å². The van der Waals surface area contributed by atoms with Crippen LogP contribution >= 0.6 is 0 Å². The number of amides is 1. The van der Waals surface area contributed by atoms with E-state index in [1.807, 2.05) is 45.0 Å². The molecular formula is C20H23N3O3. The lowest BCUT2D eigenvalue weighted by Gasteiger charge is -2.41. The molecule has 2 aromatic carbocycles. The molecule has 6 heteroatoms. The smallest absolute Gasteiger partial charge is 0.272 e. The number of nitro groups is 1. The topological polar surface area (TPSA) is 75.5 Å². The van der Waals surface area contributed by atoms with Gasteiger partial charge < -0.3 is 10.2 Å². The van der Waals surface area contributed by atoms with Crippen LogP contribution in [0.2, 0.25) is 0 Å². The number of rotatable bonds is 5. The van der Waals surface area contributed by atoms with Crippen molar-refractivity contribution in [1.29, 1.82) is 0 Å². The molecule has 0 fully saturated rings. The summed E-state index contributed by atoms with van der Waals surface area (Å²) in [7, 11) is 0. The first kappa shape index (κ1) is 17.9. The van der Waals surface area contributed by atoms with E-state index in [1.54, 1.807) is 23.1 Å². The van der Waals surface area contributed by atoms with Crippen molar-refractivity contribution in [3.8, 4) is 0 Å². The van der Waals surface area contributed by atoms with Crippen LogP contribution in [0.3, 0.4) is 0 Å². The zero-order valence-electron chi connectivity index (χ0n) is 15.2. The lowest BCUT2D eigenvalue weighted by molar-refractivity contribution is -0.385. The molecule has 0 radical (unpaired) electrons. The van der Waals surface area contributed by atoms with Gasteiger partial charge in [-0.2, -0.15) is 0 Å². The second kappa shape index (κ2) is 7.15. The molecule has 6 nitrogen and oxygen atoms in total. The van der Waals surface area contributed by atoms with E-state index in [-0.39, 0.29) is 22.6 Å². The number of benzene rings is 2. The maximum atomic E-state index is 13.1. The molecule has 136 valence electrons. The molecule has 0 aromatic heterocycles. The highest BCUT2D eigenvalue weighted by Crippen LogP contribution is 2.36. The van der Waals surface area contributed by atoms with Gasteiger partial charge in [0.15, 0.2) is 0 Å². The Hall–Kier alpha value is -2.89. The Kier molecular flexibility index (Phi) is 4.93. The van der Waals surface area contributed by atoms with Crippen LogP contribution in [0.1, 0.15) is 54.8 Å². The summed E-state index contributed by atoms with van der Waals surface area (Å²) in [6, 6.07) is 12.6. The monoisotopic (exact) mass is 353 g/mol. The minimum absolute atomic E-state index is 0.00161. The van der Waals surface area contributed by atoms with Crippen LogP contribution in [-0.4, -0.2) is 21.8 Å². The van der Waals surface area contributed by atoms with Gasteiger partial charge in [0, 0.05) is 28.9 Å². The number of fused-ring (bicyclic) bond motifs is 1. The largest absolute Gasteiger partial charge is 0.361 e. The maximum Gasteiger partial charge on any atom is 0.272 e. The second-order valence-corrected chi connectivity index (χ2v) is 6.56. The number of hydrogen-bond donors (Lipinski definition) is 1. The first-order valence-corrected chi connectivity index (χ1v) is 8.93. The van der Waals surface area contributed by atoms with Gasteiger partial charge in [-0.1, -0.05) is 38.1 Å². The van der Waals surface area contributed by atoms with Crippen molar-refractivity contribution >= 4 is 17.3 Å². The molecule has 26 heavy (non-hydrogen) atoms. The molecule has 2 aromatic rings. The van der Waals surface area contributed by atoms with Crippen molar-refractivity contribution in [3.63, 3.8) is 0 Å². The molecule has 0 saturated carbocycles. The van der Waals surface area contributed by atoms with Crippen LogP contribution < -0.4 is 5.32 Å². The lowest BCUT2D eigenvalue weighted by Crippen LogP contribution is -2.47. The van der Waals surface area contributed by atoms with E-state index in [0.29, 0.717) is 17.5 Å². The molecule has 3 rings (SSSR count). The standard InChI is InChI=1S/C20H23N3O3/c1-4-13(3)22-19(21-17-9-7-6-8-16(17)20(22)24)15-11-10-14(5-2)18(12-15)23(25)26/h6-13,19,21H,4-5H2,1-3H3/t13-,19+/m0/s1. The van der Waals surface area contributed by atoms with Crippen molar-refractivity contribution in [3.05, 3.63) is 69.3 Å². The van der Waals surface area contributed by atoms with Crippen LogP contribution in [0, 0.1) is 10.1 Å². The van der Waals surface area contributed by atoms with Gasteiger partial charge in [-0.05, 0) is 31.9 Å². The Labute approximate surface area is 153 Å². The maximum absolute atomic E-state index is 13.1. The molecule has 0 unspecified atom stereocenters. The molecule has 1 aliphatic rings.